The summed E-state index contributed by atoms with van der Waals surface area (Å²) in [6.45, 7) is 3.68. The first kappa shape index (κ1) is 15.6. The molecule has 1 heterocycles. The molecule has 5 nitrogen and oxygen atoms in total. The van der Waals surface area contributed by atoms with Crippen molar-refractivity contribution in [1.82, 2.24) is 4.90 Å². The maximum atomic E-state index is 12.3. The average Bonchev–Trinajstić information content (AvgIpc) is 3.35. The van der Waals surface area contributed by atoms with Crippen LogP contribution in [0.15, 0.2) is 39.5 Å². The zero-order valence-electron chi connectivity index (χ0n) is 13.3. The third-order valence-corrected chi connectivity index (χ3v) is 3.98. The molecule has 23 heavy (non-hydrogen) atoms. The summed E-state index contributed by atoms with van der Waals surface area (Å²) in [6, 6.07) is 8.32. The van der Waals surface area contributed by atoms with Crippen LogP contribution in [0.25, 0.3) is 11.0 Å². The molecule has 1 aliphatic carbocycles. The van der Waals surface area contributed by atoms with Gasteiger partial charge in [-0.05, 0) is 43.4 Å². The number of benzene rings is 1. The average molecular weight is 315 g/mol. The fourth-order valence-corrected chi connectivity index (χ4v) is 2.57. The third kappa shape index (κ3) is 4.12. The molecule has 0 radical (unpaired) electrons. The van der Waals surface area contributed by atoms with E-state index in [0.717, 1.165) is 24.9 Å². The summed E-state index contributed by atoms with van der Waals surface area (Å²) in [7, 11) is 0. The second kappa shape index (κ2) is 6.86. The molecule has 0 saturated heterocycles. The van der Waals surface area contributed by atoms with Crippen molar-refractivity contribution in [2.75, 3.05) is 19.7 Å². The Labute approximate surface area is 134 Å². The first-order chi connectivity index (χ1) is 11.2. The smallest absolute Gasteiger partial charge is 0.336 e. The Bertz CT molecular complexity index is 748. The van der Waals surface area contributed by atoms with E-state index in [4.69, 9.17) is 9.15 Å². The number of carbonyl (C=O) groups excluding carboxylic acids is 1. The predicted molar refractivity (Wildman–Crippen MR) is 87.6 cm³/mol. The van der Waals surface area contributed by atoms with E-state index in [1.54, 1.807) is 18.2 Å². The highest BCUT2D eigenvalue weighted by Gasteiger charge is 2.26. The first-order valence-electron chi connectivity index (χ1n) is 8.10. The molecule has 1 aromatic carbocycles. The lowest BCUT2D eigenvalue weighted by atomic mass is 10.2. The van der Waals surface area contributed by atoms with Gasteiger partial charge < -0.3 is 14.1 Å². The Balaban J connectivity index is 1.64. The zero-order valence-corrected chi connectivity index (χ0v) is 13.3. The topological polar surface area (TPSA) is 59.8 Å². The Morgan fingerprint density at radius 3 is 2.83 bits per heavy atom. The van der Waals surface area contributed by atoms with E-state index in [1.807, 2.05) is 11.0 Å². The van der Waals surface area contributed by atoms with Crippen LogP contribution in [-0.2, 0) is 4.79 Å². The SMILES string of the molecule is CCCN(CC1CC1)C(=O)COc1ccc2ccc(=O)oc2c1. The van der Waals surface area contributed by atoms with Crippen molar-refractivity contribution in [1.29, 1.82) is 0 Å². The van der Waals surface area contributed by atoms with Gasteiger partial charge in [0.1, 0.15) is 11.3 Å². The minimum absolute atomic E-state index is 0.00774. The van der Waals surface area contributed by atoms with Gasteiger partial charge in [-0.3, -0.25) is 4.79 Å². The van der Waals surface area contributed by atoms with Crippen LogP contribution >= 0.6 is 0 Å². The van der Waals surface area contributed by atoms with Crippen LogP contribution in [0.1, 0.15) is 26.2 Å². The molecule has 0 spiro atoms. The molecule has 122 valence electrons. The summed E-state index contributed by atoms with van der Waals surface area (Å²) in [5, 5.41) is 0.824. The van der Waals surface area contributed by atoms with Crippen LogP contribution < -0.4 is 10.4 Å². The summed E-state index contributed by atoms with van der Waals surface area (Å²) in [5.41, 5.74) is 0.0649. The molecular formula is C18H21NO4. The van der Waals surface area contributed by atoms with Gasteiger partial charge in [-0.15, -0.1) is 0 Å². The van der Waals surface area contributed by atoms with Crippen molar-refractivity contribution in [2.24, 2.45) is 5.92 Å². The Morgan fingerprint density at radius 2 is 2.09 bits per heavy atom. The summed E-state index contributed by atoms with van der Waals surface area (Å²) >= 11 is 0. The van der Waals surface area contributed by atoms with Gasteiger partial charge in [-0.25, -0.2) is 4.79 Å². The van der Waals surface area contributed by atoms with Crippen LogP contribution in [0.5, 0.6) is 5.75 Å². The summed E-state index contributed by atoms with van der Waals surface area (Å²) in [6.07, 6.45) is 3.38. The van der Waals surface area contributed by atoms with Crippen LogP contribution in [0.4, 0.5) is 0 Å². The van der Waals surface area contributed by atoms with Gasteiger partial charge in [-0.1, -0.05) is 6.92 Å². The lowest BCUT2D eigenvalue weighted by molar-refractivity contribution is -0.133. The molecule has 1 aliphatic rings. The van der Waals surface area contributed by atoms with Crippen LogP contribution in [0.2, 0.25) is 0 Å². The molecule has 1 fully saturated rings. The van der Waals surface area contributed by atoms with E-state index in [2.05, 4.69) is 6.92 Å². The van der Waals surface area contributed by atoms with Gasteiger partial charge in [0.15, 0.2) is 6.61 Å². The number of hydrogen-bond acceptors (Lipinski definition) is 4. The van der Waals surface area contributed by atoms with Crippen molar-refractivity contribution in [3.8, 4) is 5.75 Å². The fourth-order valence-electron chi connectivity index (χ4n) is 2.57. The van der Waals surface area contributed by atoms with E-state index in [1.165, 1.54) is 18.9 Å². The molecule has 1 amide bonds. The highest BCUT2D eigenvalue weighted by atomic mass is 16.5. The van der Waals surface area contributed by atoms with Crippen molar-refractivity contribution in [3.05, 3.63) is 40.8 Å². The van der Waals surface area contributed by atoms with Gasteiger partial charge in [0, 0.05) is 30.6 Å². The molecule has 0 N–H and O–H groups in total. The van der Waals surface area contributed by atoms with Crippen LogP contribution in [0.3, 0.4) is 0 Å². The van der Waals surface area contributed by atoms with E-state index in [9.17, 15) is 9.59 Å². The zero-order chi connectivity index (χ0) is 16.2. The van der Waals surface area contributed by atoms with Crippen molar-refractivity contribution in [3.63, 3.8) is 0 Å². The van der Waals surface area contributed by atoms with E-state index >= 15 is 0 Å². The monoisotopic (exact) mass is 315 g/mol. The number of nitrogens with zero attached hydrogens (tertiary/aromatic N) is 1. The highest BCUT2D eigenvalue weighted by Crippen LogP contribution is 2.29. The van der Waals surface area contributed by atoms with Gasteiger partial charge >= 0.3 is 5.63 Å². The lowest BCUT2D eigenvalue weighted by Gasteiger charge is -2.22. The number of hydrogen-bond donors (Lipinski definition) is 0. The number of rotatable bonds is 7. The quantitative estimate of drug-likeness (QED) is 0.737. The van der Waals surface area contributed by atoms with Gasteiger partial charge in [0.05, 0.1) is 0 Å². The fraction of sp³-hybridized carbons (Fsp3) is 0.444. The minimum Gasteiger partial charge on any atom is -0.484 e. The maximum Gasteiger partial charge on any atom is 0.336 e. The molecule has 0 bridgehead atoms. The van der Waals surface area contributed by atoms with Gasteiger partial charge in [-0.2, -0.15) is 0 Å². The van der Waals surface area contributed by atoms with Crippen LogP contribution in [-0.4, -0.2) is 30.5 Å². The summed E-state index contributed by atoms with van der Waals surface area (Å²) in [4.78, 5) is 25.5. The van der Waals surface area contributed by atoms with E-state index < -0.39 is 5.63 Å². The molecule has 3 rings (SSSR count). The number of amides is 1. The van der Waals surface area contributed by atoms with E-state index in [-0.39, 0.29) is 12.5 Å². The largest absolute Gasteiger partial charge is 0.484 e. The number of fused-ring (bicyclic) bond motifs is 1. The number of carbonyl (C=O) groups is 1. The Hall–Kier alpha value is -2.30. The van der Waals surface area contributed by atoms with Crippen molar-refractivity contribution in [2.45, 2.75) is 26.2 Å². The molecule has 1 saturated carbocycles. The number of ether oxygens (including phenoxy) is 1. The standard InChI is InChI=1S/C18H21NO4/c1-2-9-19(11-13-3-4-13)17(20)12-22-15-7-5-14-6-8-18(21)23-16(14)10-15/h5-8,10,13H,2-4,9,11-12H2,1H3. The van der Waals surface area contributed by atoms with E-state index in [0.29, 0.717) is 17.3 Å². The van der Waals surface area contributed by atoms with Gasteiger partial charge in [0.2, 0.25) is 0 Å². The normalized spacial score (nSPS) is 14.0. The molecule has 0 aliphatic heterocycles. The Kier molecular flexibility index (Phi) is 4.65. The second-order valence-corrected chi connectivity index (χ2v) is 6.03. The Morgan fingerprint density at radius 1 is 1.30 bits per heavy atom. The predicted octanol–water partition coefficient (Wildman–Crippen LogP) is 2.82. The molecule has 0 unspecified atom stereocenters. The third-order valence-electron chi connectivity index (χ3n) is 3.98. The first-order valence-corrected chi connectivity index (χ1v) is 8.10. The molecular weight excluding hydrogens is 294 g/mol. The summed E-state index contributed by atoms with van der Waals surface area (Å²) < 4.78 is 10.7. The summed E-state index contributed by atoms with van der Waals surface area (Å²) in [5.74, 6) is 1.21. The van der Waals surface area contributed by atoms with Crippen molar-refractivity contribution >= 4 is 16.9 Å². The minimum atomic E-state index is -0.399. The second-order valence-electron chi connectivity index (χ2n) is 6.03. The van der Waals surface area contributed by atoms with Gasteiger partial charge in [0.25, 0.3) is 5.91 Å². The van der Waals surface area contributed by atoms with Crippen LogP contribution in [0, 0.1) is 5.92 Å². The van der Waals surface area contributed by atoms with Crippen molar-refractivity contribution < 1.29 is 13.9 Å². The highest BCUT2D eigenvalue weighted by molar-refractivity contribution is 5.79. The molecule has 0 atom stereocenters. The molecule has 1 aromatic heterocycles. The molecule has 5 heteroatoms. The lowest BCUT2D eigenvalue weighted by Crippen LogP contribution is -2.37. The molecule has 2 aromatic rings. The maximum absolute atomic E-state index is 12.3.